The molecule has 2 heterocycles. The predicted octanol–water partition coefficient (Wildman–Crippen LogP) is -0.445. The molecule has 1 fully saturated rings. The Labute approximate surface area is 168 Å². The molecule has 0 unspecified atom stereocenters. The minimum Gasteiger partial charge on any atom is -0.497 e. The van der Waals surface area contributed by atoms with Gasteiger partial charge in [0, 0.05) is 16.8 Å². The summed E-state index contributed by atoms with van der Waals surface area (Å²) in [7, 11) is 1.66. The van der Waals surface area contributed by atoms with Crippen molar-refractivity contribution in [2.24, 2.45) is 0 Å². The van der Waals surface area contributed by atoms with E-state index in [0.29, 0.717) is 6.54 Å². The van der Waals surface area contributed by atoms with Crippen LogP contribution in [0.4, 0.5) is 5.69 Å². The number of benzene rings is 1. The molecule has 1 aromatic carbocycles. The quantitative estimate of drug-likeness (QED) is 0.568. The van der Waals surface area contributed by atoms with E-state index in [-0.39, 0.29) is 18.2 Å². The highest BCUT2D eigenvalue weighted by Crippen LogP contribution is 2.18. The molecule has 0 aliphatic carbocycles. The lowest BCUT2D eigenvalue weighted by molar-refractivity contribution is -0.892. The lowest BCUT2D eigenvalue weighted by Gasteiger charge is -2.33. The van der Waals surface area contributed by atoms with Crippen molar-refractivity contribution in [2.45, 2.75) is 13.3 Å². The van der Waals surface area contributed by atoms with Gasteiger partial charge < -0.3 is 14.5 Å². The maximum absolute atomic E-state index is 12.1. The van der Waals surface area contributed by atoms with Gasteiger partial charge in [-0.25, -0.2) is 4.98 Å². The number of ether oxygens (including phenoxy) is 1. The Morgan fingerprint density at radius 3 is 2.46 bits per heavy atom. The average Bonchev–Trinajstić information content (AvgIpc) is 3.11. The monoisotopic (exact) mass is 404 g/mol. The molecule has 1 aliphatic rings. The number of rotatable bonds is 6. The molecule has 3 rings (SSSR count). The number of aromatic nitrogens is 1. The van der Waals surface area contributed by atoms with Gasteiger partial charge in [0.2, 0.25) is 5.91 Å². The molecule has 150 valence electrons. The first kappa shape index (κ1) is 20.1. The molecule has 0 radical (unpaired) electrons. The molecule has 1 aromatic heterocycles. The molecule has 8 nitrogen and oxygen atoms in total. The van der Waals surface area contributed by atoms with E-state index in [9.17, 15) is 9.59 Å². The Morgan fingerprint density at radius 1 is 1.18 bits per heavy atom. The average molecular weight is 405 g/mol. The number of carbonyl (C=O) groups is 2. The second-order valence-corrected chi connectivity index (χ2v) is 7.71. The first-order valence-electron chi connectivity index (χ1n) is 9.25. The van der Waals surface area contributed by atoms with Crippen molar-refractivity contribution in [1.82, 2.24) is 15.8 Å². The predicted molar refractivity (Wildman–Crippen MR) is 108 cm³/mol. The highest BCUT2D eigenvalue weighted by Gasteiger charge is 2.22. The van der Waals surface area contributed by atoms with Crippen LogP contribution in [0.5, 0.6) is 5.75 Å². The Bertz CT molecular complexity index is 800. The third kappa shape index (κ3) is 5.67. The summed E-state index contributed by atoms with van der Waals surface area (Å²) in [5.74, 6) is 0.398. The minimum atomic E-state index is -0.262. The lowest BCUT2D eigenvalue weighted by Crippen LogP contribution is -3.16. The maximum atomic E-state index is 12.1. The third-order valence-corrected chi connectivity index (χ3v) is 5.61. The van der Waals surface area contributed by atoms with Crippen molar-refractivity contribution in [3.63, 3.8) is 0 Å². The number of hydrogen-bond donors (Lipinski definition) is 3. The van der Waals surface area contributed by atoms with E-state index in [1.165, 1.54) is 16.2 Å². The number of hydrazine groups is 1. The highest BCUT2D eigenvalue weighted by molar-refractivity contribution is 7.09. The second kappa shape index (κ2) is 9.52. The minimum absolute atomic E-state index is 0.173. The number of anilines is 1. The maximum Gasteiger partial charge on any atom is 0.293 e. The molecule has 0 atom stereocenters. The number of carbonyl (C=O) groups excluding carboxylic acids is 2. The number of quaternary nitrogens is 1. The van der Waals surface area contributed by atoms with Gasteiger partial charge in [-0.15, -0.1) is 11.3 Å². The van der Waals surface area contributed by atoms with E-state index in [1.54, 1.807) is 7.11 Å². The van der Waals surface area contributed by atoms with Gasteiger partial charge in [0.15, 0.2) is 6.54 Å². The zero-order chi connectivity index (χ0) is 19.9. The van der Waals surface area contributed by atoms with Gasteiger partial charge in [-0.1, -0.05) is 0 Å². The number of nitrogens with zero attached hydrogens (tertiary/aromatic N) is 2. The van der Waals surface area contributed by atoms with Crippen LogP contribution in [0.1, 0.15) is 10.7 Å². The van der Waals surface area contributed by atoms with E-state index in [1.807, 2.05) is 24.4 Å². The fourth-order valence-electron chi connectivity index (χ4n) is 3.13. The van der Waals surface area contributed by atoms with Gasteiger partial charge in [0.25, 0.3) is 5.91 Å². The summed E-state index contributed by atoms with van der Waals surface area (Å²) in [5, 5.41) is 2.64. The zero-order valence-corrected chi connectivity index (χ0v) is 17.0. The van der Waals surface area contributed by atoms with E-state index < -0.39 is 0 Å². The molecule has 28 heavy (non-hydrogen) atoms. The first-order chi connectivity index (χ1) is 13.5. The van der Waals surface area contributed by atoms with E-state index >= 15 is 0 Å². The number of nitrogens with one attached hydrogen (secondary N) is 3. The fourth-order valence-corrected chi connectivity index (χ4v) is 3.90. The van der Waals surface area contributed by atoms with Gasteiger partial charge in [-0.2, -0.15) is 0 Å². The zero-order valence-electron chi connectivity index (χ0n) is 16.2. The van der Waals surface area contributed by atoms with Crippen molar-refractivity contribution < 1.29 is 19.2 Å². The SMILES string of the molecule is COc1ccc(N2CC[NH+](CC(=O)NNC(=O)Cc3nc(C)cs3)CC2)cc1. The fraction of sp³-hybridized carbons (Fsp3) is 0.421. The van der Waals surface area contributed by atoms with Crippen molar-refractivity contribution >= 4 is 28.8 Å². The molecule has 9 heteroatoms. The Kier molecular flexibility index (Phi) is 6.83. The number of piperazine rings is 1. The Hall–Kier alpha value is -2.65. The molecular weight excluding hydrogens is 378 g/mol. The van der Waals surface area contributed by atoms with Crippen LogP contribution in [0.25, 0.3) is 0 Å². The van der Waals surface area contributed by atoms with Crippen molar-refractivity contribution in [3.8, 4) is 5.75 Å². The summed E-state index contributed by atoms with van der Waals surface area (Å²) in [6, 6.07) is 8.02. The van der Waals surface area contributed by atoms with Gasteiger partial charge in [-0.3, -0.25) is 20.4 Å². The molecular formula is C19H26N5O3S+. The summed E-state index contributed by atoms with van der Waals surface area (Å²) in [4.78, 5) is 31.7. The van der Waals surface area contributed by atoms with Crippen LogP contribution >= 0.6 is 11.3 Å². The van der Waals surface area contributed by atoms with Gasteiger partial charge in [0.1, 0.15) is 10.8 Å². The number of amides is 2. The third-order valence-electron chi connectivity index (χ3n) is 4.64. The number of thiazole rings is 1. The molecule has 2 aromatic rings. The Morgan fingerprint density at radius 2 is 1.86 bits per heavy atom. The first-order valence-corrected chi connectivity index (χ1v) is 10.1. The highest BCUT2D eigenvalue weighted by atomic mass is 32.1. The van der Waals surface area contributed by atoms with Gasteiger partial charge >= 0.3 is 0 Å². The summed E-state index contributed by atoms with van der Waals surface area (Å²) in [5.41, 5.74) is 7.03. The van der Waals surface area contributed by atoms with Gasteiger partial charge in [-0.05, 0) is 31.2 Å². The topological polar surface area (TPSA) is 88.0 Å². The summed E-state index contributed by atoms with van der Waals surface area (Å²) in [6.07, 6.45) is 0.173. The molecule has 0 spiro atoms. The molecule has 3 N–H and O–H groups in total. The molecule has 2 amide bonds. The Balaban J connectivity index is 1.36. The van der Waals surface area contributed by atoms with Crippen LogP contribution in [-0.2, 0) is 16.0 Å². The number of hydrogen-bond acceptors (Lipinski definition) is 6. The largest absolute Gasteiger partial charge is 0.497 e. The normalized spacial score (nSPS) is 14.6. The summed E-state index contributed by atoms with van der Waals surface area (Å²) < 4.78 is 5.19. The molecule has 1 saturated heterocycles. The summed E-state index contributed by atoms with van der Waals surface area (Å²) in [6.45, 7) is 5.72. The summed E-state index contributed by atoms with van der Waals surface area (Å²) >= 11 is 1.44. The van der Waals surface area contributed by atoms with Crippen LogP contribution in [0.2, 0.25) is 0 Å². The van der Waals surface area contributed by atoms with E-state index in [2.05, 4.69) is 32.9 Å². The van der Waals surface area contributed by atoms with Gasteiger partial charge in [0.05, 0.1) is 39.7 Å². The number of methoxy groups -OCH3 is 1. The standard InChI is InChI=1S/C19H25N5O3S/c1-14-13-28-19(20-14)11-17(25)21-22-18(26)12-23-7-9-24(10-8-23)15-3-5-16(27-2)6-4-15/h3-6,13H,7-12H2,1-2H3,(H,21,25)(H,22,26)/p+1. The van der Waals surface area contributed by atoms with E-state index in [0.717, 1.165) is 48.3 Å². The van der Waals surface area contributed by atoms with Crippen LogP contribution in [-0.4, -0.2) is 56.6 Å². The van der Waals surface area contributed by atoms with Crippen molar-refractivity contribution in [3.05, 3.63) is 40.3 Å². The van der Waals surface area contributed by atoms with Crippen LogP contribution in [0.3, 0.4) is 0 Å². The van der Waals surface area contributed by atoms with Crippen LogP contribution in [0, 0.1) is 6.92 Å². The van der Waals surface area contributed by atoms with Crippen molar-refractivity contribution in [1.29, 1.82) is 0 Å². The van der Waals surface area contributed by atoms with Crippen molar-refractivity contribution in [2.75, 3.05) is 44.7 Å². The second-order valence-electron chi connectivity index (χ2n) is 6.77. The lowest BCUT2D eigenvalue weighted by atomic mass is 10.2. The molecule has 0 bridgehead atoms. The van der Waals surface area contributed by atoms with Crippen LogP contribution < -0.4 is 25.4 Å². The smallest absolute Gasteiger partial charge is 0.293 e. The number of aryl methyl sites for hydroxylation is 1. The molecule has 0 saturated carbocycles. The van der Waals surface area contributed by atoms with Crippen LogP contribution in [0.15, 0.2) is 29.6 Å². The van der Waals surface area contributed by atoms with E-state index in [4.69, 9.17) is 4.74 Å². The molecule has 1 aliphatic heterocycles.